The van der Waals surface area contributed by atoms with Gasteiger partial charge in [0, 0.05) is 13.1 Å². The highest BCUT2D eigenvalue weighted by Crippen LogP contribution is 2.28. The second kappa shape index (κ2) is 8.01. The molecule has 0 atom stereocenters. The highest BCUT2D eigenvalue weighted by Gasteiger charge is 2.05. The number of rotatable bonds is 7. The van der Waals surface area contributed by atoms with Crippen LogP contribution in [0, 0.1) is 5.82 Å². The quantitative estimate of drug-likeness (QED) is 0.829. The van der Waals surface area contributed by atoms with Crippen molar-refractivity contribution < 1.29 is 13.9 Å². The zero-order valence-corrected chi connectivity index (χ0v) is 13.4. The van der Waals surface area contributed by atoms with Crippen molar-refractivity contribution in [1.29, 1.82) is 0 Å². The lowest BCUT2D eigenvalue weighted by molar-refractivity contribution is 0.310. The van der Waals surface area contributed by atoms with E-state index < -0.39 is 5.82 Å². The molecule has 0 aliphatic rings. The zero-order valence-electron chi connectivity index (χ0n) is 12.7. The van der Waals surface area contributed by atoms with Gasteiger partial charge in [0.25, 0.3) is 0 Å². The molecule has 118 valence electrons. The summed E-state index contributed by atoms with van der Waals surface area (Å²) in [5, 5.41) is 3.43. The Morgan fingerprint density at radius 1 is 1.05 bits per heavy atom. The Morgan fingerprint density at radius 2 is 1.73 bits per heavy atom. The smallest absolute Gasteiger partial charge is 0.161 e. The lowest BCUT2D eigenvalue weighted by atomic mass is 10.2. The number of hydrogen-bond acceptors (Lipinski definition) is 3. The van der Waals surface area contributed by atoms with E-state index in [9.17, 15) is 4.39 Å². The number of nitrogens with one attached hydrogen (secondary N) is 1. The van der Waals surface area contributed by atoms with Crippen molar-refractivity contribution in [3.8, 4) is 11.5 Å². The van der Waals surface area contributed by atoms with Gasteiger partial charge in [-0.25, -0.2) is 4.39 Å². The van der Waals surface area contributed by atoms with E-state index in [1.165, 1.54) is 6.07 Å². The number of hydrogen-bond donors (Lipinski definition) is 1. The molecule has 0 saturated heterocycles. The van der Waals surface area contributed by atoms with Crippen LogP contribution in [0.2, 0.25) is 5.02 Å². The second-order valence-corrected chi connectivity index (χ2v) is 5.18. The summed E-state index contributed by atoms with van der Waals surface area (Å²) in [5.41, 5.74) is 2.01. The summed E-state index contributed by atoms with van der Waals surface area (Å²) in [6.07, 6.45) is 0. The van der Waals surface area contributed by atoms with Crippen LogP contribution in [-0.4, -0.2) is 13.7 Å². The van der Waals surface area contributed by atoms with Crippen molar-refractivity contribution in [2.75, 3.05) is 13.7 Å². The van der Waals surface area contributed by atoms with Gasteiger partial charge < -0.3 is 14.8 Å². The van der Waals surface area contributed by atoms with Gasteiger partial charge in [0.15, 0.2) is 11.5 Å². The molecule has 0 heterocycles. The minimum Gasteiger partial charge on any atom is -0.493 e. The van der Waals surface area contributed by atoms with Gasteiger partial charge in [-0.15, -0.1) is 0 Å². The van der Waals surface area contributed by atoms with Crippen LogP contribution in [0.1, 0.15) is 18.1 Å². The highest BCUT2D eigenvalue weighted by atomic mass is 35.5. The molecule has 0 fully saturated rings. The summed E-state index contributed by atoms with van der Waals surface area (Å²) in [7, 11) is 1.62. The second-order valence-electron chi connectivity index (χ2n) is 4.77. The molecule has 1 N–H and O–H groups in total. The Bertz CT molecular complexity index is 634. The highest BCUT2D eigenvalue weighted by molar-refractivity contribution is 6.30. The van der Waals surface area contributed by atoms with Gasteiger partial charge in [0.1, 0.15) is 5.82 Å². The summed E-state index contributed by atoms with van der Waals surface area (Å²) in [4.78, 5) is 0. The van der Waals surface area contributed by atoms with E-state index in [2.05, 4.69) is 5.32 Å². The molecule has 0 aliphatic heterocycles. The molecule has 0 amide bonds. The molecular weight excluding hydrogens is 305 g/mol. The molecule has 5 heteroatoms. The minimum absolute atomic E-state index is 0.141. The van der Waals surface area contributed by atoms with Gasteiger partial charge in [-0.3, -0.25) is 0 Å². The van der Waals surface area contributed by atoms with Gasteiger partial charge >= 0.3 is 0 Å². The molecule has 0 aliphatic carbocycles. The molecule has 0 spiro atoms. The third-order valence-corrected chi connectivity index (χ3v) is 3.46. The minimum atomic E-state index is -0.401. The number of benzene rings is 2. The van der Waals surface area contributed by atoms with E-state index in [0.29, 0.717) is 25.4 Å². The molecule has 2 aromatic carbocycles. The fourth-order valence-corrected chi connectivity index (χ4v) is 2.30. The molecule has 0 saturated carbocycles. The Hall–Kier alpha value is -1.78. The number of halogens is 2. The van der Waals surface area contributed by atoms with E-state index in [-0.39, 0.29) is 5.02 Å². The van der Waals surface area contributed by atoms with E-state index >= 15 is 0 Å². The molecule has 0 unspecified atom stereocenters. The predicted molar refractivity (Wildman–Crippen MR) is 86.1 cm³/mol. The molecule has 3 nitrogen and oxygen atoms in total. The SMILES string of the molecule is CCOc1ccc(CNCc2ccc(F)c(Cl)c2)cc1OC. The Labute approximate surface area is 135 Å². The molecule has 2 rings (SSSR count). The van der Waals surface area contributed by atoms with Gasteiger partial charge in [-0.05, 0) is 42.3 Å². The van der Waals surface area contributed by atoms with Crippen molar-refractivity contribution in [2.45, 2.75) is 20.0 Å². The maximum absolute atomic E-state index is 13.1. The number of ether oxygens (including phenoxy) is 2. The normalized spacial score (nSPS) is 10.5. The van der Waals surface area contributed by atoms with Crippen LogP contribution in [0.15, 0.2) is 36.4 Å². The average molecular weight is 324 g/mol. The first-order valence-corrected chi connectivity index (χ1v) is 7.46. The number of methoxy groups -OCH3 is 1. The van der Waals surface area contributed by atoms with Crippen molar-refractivity contribution in [3.05, 3.63) is 58.4 Å². The van der Waals surface area contributed by atoms with E-state index in [1.54, 1.807) is 19.2 Å². The van der Waals surface area contributed by atoms with Crippen molar-refractivity contribution in [1.82, 2.24) is 5.32 Å². The Kier molecular flexibility index (Phi) is 6.04. The maximum Gasteiger partial charge on any atom is 0.161 e. The fourth-order valence-electron chi connectivity index (χ4n) is 2.10. The fraction of sp³-hybridized carbons (Fsp3) is 0.294. The van der Waals surface area contributed by atoms with Crippen molar-refractivity contribution in [3.63, 3.8) is 0 Å². The monoisotopic (exact) mass is 323 g/mol. The average Bonchev–Trinajstić information content (AvgIpc) is 2.52. The predicted octanol–water partition coefficient (Wildman–Crippen LogP) is 4.18. The summed E-state index contributed by atoms with van der Waals surface area (Å²) in [6, 6.07) is 10.5. The first kappa shape index (κ1) is 16.6. The molecule has 0 bridgehead atoms. The molecular formula is C17H19ClFNO2. The lowest BCUT2D eigenvalue weighted by Gasteiger charge is -2.11. The third kappa shape index (κ3) is 4.36. The van der Waals surface area contributed by atoms with Crippen LogP contribution in [0.25, 0.3) is 0 Å². The maximum atomic E-state index is 13.1. The molecule has 22 heavy (non-hydrogen) atoms. The van der Waals surface area contributed by atoms with Gasteiger partial charge in [0.2, 0.25) is 0 Å². The zero-order chi connectivity index (χ0) is 15.9. The lowest BCUT2D eigenvalue weighted by Crippen LogP contribution is -2.13. The van der Waals surface area contributed by atoms with Crippen molar-refractivity contribution >= 4 is 11.6 Å². The standard InChI is InChI=1S/C17H19ClFNO2/c1-3-22-16-7-5-13(9-17(16)21-2)11-20-10-12-4-6-15(19)14(18)8-12/h4-9,20H,3,10-11H2,1-2H3. The molecule has 2 aromatic rings. The van der Waals surface area contributed by atoms with Gasteiger partial charge in [-0.1, -0.05) is 23.7 Å². The van der Waals surface area contributed by atoms with Gasteiger partial charge in [-0.2, -0.15) is 0 Å². The molecule has 0 radical (unpaired) electrons. The first-order chi connectivity index (χ1) is 10.6. The summed E-state index contributed by atoms with van der Waals surface area (Å²) >= 11 is 5.76. The van der Waals surface area contributed by atoms with Crippen LogP contribution in [0.3, 0.4) is 0 Å². The van der Waals surface area contributed by atoms with Crippen molar-refractivity contribution in [2.24, 2.45) is 0 Å². The summed E-state index contributed by atoms with van der Waals surface area (Å²) in [6.45, 7) is 3.80. The third-order valence-electron chi connectivity index (χ3n) is 3.17. The van der Waals surface area contributed by atoms with E-state index in [0.717, 1.165) is 16.9 Å². The summed E-state index contributed by atoms with van der Waals surface area (Å²) < 4.78 is 23.9. The van der Waals surface area contributed by atoms with Crippen LogP contribution >= 0.6 is 11.6 Å². The van der Waals surface area contributed by atoms with Crippen LogP contribution in [-0.2, 0) is 13.1 Å². The van der Waals surface area contributed by atoms with Crippen LogP contribution in [0.4, 0.5) is 4.39 Å². The van der Waals surface area contributed by atoms with Crippen LogP contribution in [0.5, 0.6) is 11.5 Å². The Balaban J connectivity index is 1.95. The Morgan fingerprint density at radius 3 is 2.36 bits per heavy atom. The first-order valence-electron chi connectivity index (χ1n) is 7.08. The summed E-state index contributed by atoms with van der Waals surface area (Å²) in [5.74, 6) is 1.05. The van der Waals surface area contributed by atoms with Crippen LogP contribution < -0.4 is 14.8 Å². The largest absolute Gasteiger partial charge is 0.493 e. The topological polar surface area (TPSA) is 30.5 Å². The molecule has 0 aromatic heterocycles. The van der Waals surface area contributed by atoms with Gasteiger partial charge in [0.05, 0.1) is 18.7 Å². The van der Waals surface area contributed by atoms with E-state index in [4.69, 9.17) is 21.1 Å². The van der Waals surface area contributed by atoms with E-state index in [1.807, 2.05) is 25.1 Å².